The Morgan fingerprint density at radius 1 is 1.45 bits per heavy atom. The minimum atomic E-state index is -2.33. The van der Waals surface area contributed by atoms with Gasteiger partial charge in [0.25, 0.3) is 5.92 Å². The van der Waals surface area contributed by atoms with E-state index >= 15 is 0 Å². The van der Waals surface area contributed by atoms with Crippen molar-refractivity contribution in [3.05, 3.63) is 0 Å². The molecule has 0 bridgehead atoms. The van der Waals surface area contributed by atoms with Crippen molar-refractivity contribution in [1.29, 1.82) is 0 Å². The van der Waals surface area contributed by atoms with Crippen LogP contribution in [-0.4, -0.2) is 5.92 Å². The van der Waals surface area contributed by atoms with Crippen LogP contribution in [0, 0.1) is 17.8 Å². The molecule has 1 aliphatic rings. The van der Waals surface area contributed by atoms with E-state index in [1.165, 1.54) is 0 Å². The topological polar surface area (TPSA) is 0 Å². The molecule has 1 saturated carbocycles. The van der Waals surface area contributed by atoms with E-state index in [2.05, 4.69) is 0 Å². The van der Waals surface area contributed by atoms with Crippen LogP contribution in [0.5, 0.6) is 0 Å². The van der Waals surface area contributed by atoms with E-state index in [0.717, 1.165) is 6.42 Å². The lowest BCUT2D eigenvalue weighted by atomic mass is 9.88. The van der Waals surface area contributed by atoms with Gasteiger partial charge in [-0.25, -0.2) is 8.78 Å². The molecular weight excluding hydrogens is 146 g/mol. The Balaban J connectivity index is 2.46. The van der Waals surface area contributed by atoms with Crippen LogP contribution in [0.3, 0.4) is 0 Å². The van der Waals surface area contributed by atoms with E-state index in [0.29, 0.717) is 5.92 Å². The lowest BCUT2D eigenvalue weighted by Crippen LogP contribution is -2.13. The van der Waals surface area contributed by atoms with Crippen molar-refractivity contribution in [3.63, 3.8) is 0 Å². The normalized spacial score (nSPS) is 30.5. The fourth-order valence-electron chi connectivity index (χ4n) is 1.92. The molecule has 0 N–H and O–H groups in total. The van der Waals surface area contributed by atoms with E-state index in [-0.39, 0.29) is 18.3 Å². The predicted molar refractivity (Wildman–Crippen MR) is 41.7 cm³/mol. The quantitative estimate of drug-likeness (QED) is 0.597. The Kier molecular flexibility index (Phi) is 2.22. The molecule has 1 rings (SSSR count). The molecule has 2 heteroatoms. The van der Waals surface area contributed by atoms with E-state index in [1.54, 1.807) is 0 Å². The summed E-state index contributed by atoms with van der Waals surface area (Å²) in [7, 11) is 0. The second kappa shape index (κ2) is 2.72. The zero-order valence-corrected chi connectivity index (χ0v) is 7.40. The van der Waals surface area contributed by atoms with Crippen molar-refractivity contribution in [3.8, 4) is 0 Å². The first-order valence-corrected chi connectivity index (χ1v) is 4.37. The van der Waals surface area contributed by atoms with Crippen molar-refractivity contribution < 1.29 is 8.78 Å². The first-order chi connectivity index (χ1) is 4.99. The van der Waals surface area contributed by atoms with E-state index in [9.17, 15) is 8.78 Å². The van der Waals surface area contributed by atoms with Gasteiger partial charge in [0.2, 0.25) is 0 Å². The molecule has 0 radical (unpaired) electrons. The monoisotopic (exact) mass is 162 g/mol. The largest absolute Gasteiger partial charge is 0.251 e. The van der Waals surface area contributed by atoms with E-state index in [1.807, 2.05) is 20.8 Å². The fraction of sp³-hybridized carbons (Fsp3) is 1.00. The van der Waals surface area contributed by atoms with Crippen molar-refractivity contribution in [2.24, 2.45) is 17.8 Å². The third-order valence-electron chi connectivity index (χ3n) is 2.72. The van der Waals surface area contributed by atoms with Crippen LogP contribution in [-0.2, 0) is 0 Å². The summed E-state index contributed by atoms with van der Waals surface area (Å²) in [5, 5.41) is 0. The van der Waals surface area contributed by atoms with Gasteiger partial charge in [0, 0.05) is 12.3 Å². The van der Waals surface area contributed by atoms with Crippen LogP contribution in [0.15, 0.2) is 0 Å². The molecule has 1 aliphatic carbocycles. The van der Waals surface area contributed by atoms with Crippen LogP contribution in [0.2, 0.25) is 0 Å². The number of halogens is 2. The van der Waals surface area contributed by atoms with Crippen molar-refractivity contribution in [2.75, 3.05) is 0 Å². The van der Waals surface area contributed by atoms with Crippen molar-refractivity contribution in [1.82, 2.24) is 0 Å². The third-order valence-corrected chi connectivity index (χ3v) is 2.72. The van der Waals surface area contributed by atoms with Crippen molar-refractivity contribution >= 4 is 0 Å². The molecule has 0 heterocycles. The summed E-state index contributed by atoms with van der Waals surface area (Å²) in [4.78, 5) is 0. The number of alkyl halides is 2. The molecule has 2 atom stereocenters. The maximum atomic E-state index is 12.6. The summed E-state index contributed by atoms with van der Waals surface area (Å²) < 4.78 is 25.2. The maximum Gasteiger partial charge on any atom is 0.251 e. The Hall–Kier alpha value is -0.140. The molecule has 0 aromatic rings. The highest BCUT2D eigenvalue weighted by Crippen LogP contribution is 2.55. The van der Waals surface area contributed by atoms with Crippen LogP contribution < -0.4 is 0 Å². The minimum Gasteiger partial charge on any atom is -0.207 e. The SMILES string of the molecule is CCC(C(C)C)C1CC1(F)F. The minimum absolute atomic E-state index is 0.129. The van der Waals surface area contributed by atoms with Gasteiger partial charge < -0.3 is 0 Å². The smallest absolute Gasteiger partial charge is 0.207 e. The lowest BCUT2D eigenvalue weighted by Gasteiger charge is -2.17. The Bertz CT molecular complexity index is 140. The fourth-order valence-corrected chi connectivity index (χ4v) is 1.92. The summed E-state index contributed by atoms with van der Waals surface area (Å²) >= 11 is 0. The first kappa shape index (κ1) is 8.95. The van der Waals surface area contributed by atoms with Gasteiger partial charge in [-0.2, -0.15) is 0 Å². The number of rotatable bonds is 3. The van der Waals surface area contributed by atoms with Gasteiger partial charge in [-0.05, 0) is 11.8 Å². The Morgan fingerprint density at radius 3 is 2.00 bits per heavy atom. The van der Waals surface area contributed by atoms with Gasteiger partial charge >= 0.3 is 0 Å². The predicted octanol–water partition coefficient (Wildman–Crippen LogP) is 3.32. The maximum absolute atomic E-state index is 12.6. The second-order valence-electron chi connectivity index (χ2n) is 3.89. The third kappa shape index (κ3) is 1.71. The van der Waals surface area contributed by atoms with Gasteiger partial charge in [0.05, 0.1) is 0 Å². The molecule has 0 saturated heterocycles. The summed E-state index contributed by atoms with van der Waals surface area (Å²) in [6, 6.07) is 0. The highest BCUT2D eigenvalue weighted by molar-refractivity contribution is 4.99. The zero-order chi connectivity index (χ0) is 8.65. The molecular formula is C9H16F2. The van der Waals surface area contributed by atoms with Crippen LogP contribution in [0.25, 0.3) is 0 Å². The van der Waals surface area contributed by atoms with E-state index < -0.39 is 5.92 Å². The lowest BCUT2D eigenvalue weighted by molar-refractivity contribution is 0.0761. The van der Waals surface area contributed by atoms with Crippen LogP contribution in [0.1, 0.15) is 33.6 Å². The second-order valence-corrected chi connectivity index (χ2v) is 3.89. The summed E-state index contributed by atoms with van der Waals surface area (Å²) in [6.45, 7) is 6.06. The molecule has 0 spiro atoms. The highest BCUT2D eigenvalue weighted by atomic mass is 19.3. The molecule has 66 valence electrons. The first-order valence-electron chi connectivity index (χ1n) is 4.37. The van der Waals surface area contributed by atoms with Gasteiger partial charge in [0.15, 0.2) is 0 Å². The molecule has 11 heavy (non-hydrogen) atoms. The number of hydrogen-bond donors (Lipinski definition) is 0. The Labute approximate surface area is 67.0 Å². The standard InChI is InChI=1S/C9H16F2/c1-4-7(6(2)3)8-5-9(8,10)11/h6-8H,4-5H2,1-3H3. The summed E-state index contributed by atoms with van der Waals surface area (Å²) in [5.74, 6) is -2.01. The summed E-state index contributed by atoms with van der Waals surface area (Å²) in [6.07, 6.45) is 1.02. The summed E-state index contributed by atoms with van der Waals surface area (Å²) in [5.41, 5.74) is 0. The molecule has 0 amide bonds. The molecule has 0 aromatic carbocycles. The molecule has 0 aromatic heterocycles. The van der Waals surface area contributed by atoms with Gasteiger partial charge in [0.1, 0.15) is 0 Å². The average molecular weight is 162 g/mol. The molecule has 1 fully saturated rings. The zero-order valence-electron chi connectivity index (χ0n) is 7.40. The highest BCUT2D eigenvalue weighted by Gasteiger charge is 2.59. The molecule has 0 aliphatic heterocycles. The van der Waals surface area contributed by atoms with E-state index in [4.69, 9.17) is 0 Å². The molecule has 2 unspecified atom stereocenters. The van der Waals surface area contributed by atoms with Gasteiger partial charge in [-0.1, -0.05) is 27.2 Å². The Morgan fingerprint density at radius 2 is 1.91 bits per heavy atom. The molecule has 0 nitrogen and oxygen atoms in total. The van der Waals surface area contributed by atoms with Gasteiger partial charge in [-0.15, -0.1) is 0 Å². The van der Waals surface area contributed by atoms with Gasteiger partial charge in [-0.3, -0.25) is 0 Å². The van der Waals surface area contributed by atoms with Crippen molar-refractivity contribution in [2.45, 2.75) is 39.5 Å². The van der Waals surface area contributed by atoms with Crippen LogP contribution in [0.4, 0.5) is 8.78 Å². The average Bonchev–Trinajstić information content (AvgIpc) is 2.41. The number of hydrogen-bond acceptors (Lipinski definition) is 0. The van der Waals surface area contributed by atoms with Crippen LogP contribution >= 0.6 is 0 Å².